The molecule has 110 valence electrons. The highest BCUT2D eigenvalue weighted by atomic mass is 32.1. The monoisotopic (exact) mass is 305 g/mol. The summed E-state index contributed by atoms with van der Waals surface area (Å²) < 4.78 is 13.8. The summed E-state index contributed by atoms with van der Waals surface area (Å²) in [5, 5.41) is 0.869. The van der Waals surface area contributed by atoms with Crippen LogP contribution in [0.25, 0.3) is 0 Å². The number of carbonyl (C=O) groups excluding carboxylic acids is 1. The number of aromatic nitrogens is 1. The van der Waals surface area contributed by atoms with Crippen LogP contribution >= 0.6 is 11.3 Å². The van der Waals surface area contributed by atoms with Crippen molar-refractivity contribution in [1.82, 2.24) is 4.98 Å². The van der Waals surface area contributed by atoms with Crippen molar-refractivity contribution in [3.8, 4) is 0 Å². The minimum atomic E-state index is -0.181. The van der Waals surface area contributed by atoms with Crippen LogP contribution in [-0.4, -0.2) is 36.9 Å². The van der Waals surface area contributed by atoms with Gasteiger partial charge in [-0.25, -0.2) is 9.37 Å². The Labute approximate surface area is 126 Å². The molecule has 0 amide bonds. The van der Waals surface area contributed by atoms with Crippen LogP contribution in [-0.2, 0) is 0 Å². The number of ketones is 1. The molecule has 1 aliphatic heterocycles. The minimum Gasteiger partial charge on any atom is -0.366 e. The number of rotatable bonds is 3. The first-order valence-corrected chi connectivity index (χ1v) is 7.68. The van der Waals surface area contributed by atoms with Crippen molar-refractivity contribution >= 4 is 27.9 Å². The lowest BCUT2D eigenvalue weighted by molar-refractivity contribution is 0.102. The van der Waals surface area contributed by atoms with Crippen molar-refractivity contribution in [1.29, 1.82) is 0 Å². The zero-order valence-corrected chi connectivity index (χ0v) is 12.6. The molecule has 3 rings (SSSR count). The van der Waals surface area contributed by atoms with Crippen LogP contribution in [0.15, 0.2) is 30.5 Å². The standard InChI is InChI=1S/C15H16FN3OS/c1-11(20)14-10-17-15(21-14)19-8-6-18(7-9-19)13-5-3-2-4-12(13)16/h2-5,10H,6-9H2,1H3. The highest BCUT2D eigenvalue weighted by Gasteiger charge is 2.21. The molecule has 0 aliphatic carbocycles. The lowest BCUT2D eigenvalue weighted by atomic mass is 10.2. The summed E-state index contributed by atoms with van der Waals surface area (Å²) in [4.78, 5) is 20.5. The van der Waals surface area contributed by atoms with Gasteiger partial charge in [0.05, 0.1) is 16.8 Å². The Balaban J connectivity index is 1.67. The number of hydrogen-bond donors (Lipinski definition) is 0. The van der Waals surface area contributed by atoms with Crippen molar-refractivity contribution in [2.24, 2.45) is 0 Å². The second-order valence-electron chi connectivity index (χ2n) is 4.99. The third-order valence-electron chi connectivity index (χ3n) is 3.58. The van der Waals surface area contributed by atoms with Crippen molar-refractivity contribution in [2.45, 2.75) is 6.92 Å². The predicted octanol–water partition coefficient (Wildman–Crippen LogP) is 2.81. The molecule has 1 aromatic heterocycles. The molecule has 6 heteroatoms. The summed E-state index contributed by atoms with van der Waals surface area (Å²) >= 11 is 1.42. The summed E-state index contributed by atoms with van der Waals surface area (Å²) in [6, 6.07) is 6.85. The number of hydrogen-bond acceptors (Lipinski definition) is 5. The van der Waals surface area contributed by atoms with Gasteiger partial charge in [0, 0.05) is 33.1 Å². The predicted molar refractivity (Wildman–Crippen MR) is 82.9 cm³/mol. The van der Waals surface area contributed by atoms with Crippen LogP contribution < -0.4 is 9.80 Å². The van der Waals surface area contributed by atoms with Crippen LogP contribution in [0.3, 0.4) is 0 Å². The van der Waals surface area contributed by atoms with Crippen LogP contribution in [0.4, 0.5) is 15.2 Å². The van der Waals surface area contributed by atoms with Gasteiger partial charge in [-0.2, -0.15) is 0 Å². The van der Waals surface area contributed by atoms with E-state index in [1.165, 1.54) is 17.4 Å². The average molecular weight is 305 g/mol. The van der Waals surface area contributed by atoms with Crippen LogP contribution in [0, 0.1) is 5.82 Å². The topological polar surface area (TPSA) is 36.4 Å². The smallest absolute Gasteiger partial charge is 0.186 e. The Morgan fingerprint density at radius 2 is 1.86 bits per heavy atom. The Bertz CT molecular complexity index is 650. The number of piperazine rings is 1. The van der Waals surface area contributed by atoms with E-state index in [2.05, 4.69) is 9.88 Å². The molecule has 1 aliphatic rings. The highest BCUT2D eigenvalue weighted by molar-refractivity contribution is 7.17. The molecular formula is C15H16FN3OS. The fraction of sp³-hybridized carbons (Fsp3) is 0.333. The normalized spacial score (nSPS) is 15.3. The Morgan fingerprint density at radius 3 is 2.48 bits per heavy atom. The molecule has 4 nitrogen and oxygen atoms in total. The van der Waals surface area contributed by atoms with Gasteiger partial charge >= 0.3 is 0 Å². The molecule has 2 aromatic rings. The number of para-hydroxylation sites is 1. The summed E-state index contributed by atoms with van der Waals surface area (Å²) in [6.45, 7) is 4.59. The summed E-state index contributed by atoms with van der Waals surface area (Å²) in [6.07, 6.45) is 1.63. The first-order valence-electron chi connectivity index (χ1n) is 6.86. The molecule has 0 saturated carbocycles. The van der Waals surface area contributed by atoms with E-state index in [-0.39, 0.29) is 11.6 Å². The molecule has 0 N–H and O–H groups in total. The van der Waals surface area contributed by atoms with E-state index in [4.69, 9.17) is 0 Å². The number of Topliss-reactive ketones (excluding diaryl/α,β-unsaturated/α-hetero) is 1. The first-order chi connectivity index (χ1) is 10.1. The lowest BCUT2D eigenvalue weighted by Gasteiger charge is -2.36. The third-order valence-corrected chi connectivity index (χ3v) is 4.74. The molecular weight excluding hydrogens is 289 g/mol. The van der Waals surface area contributed by atoms with Gasteiger partial charge in [-0.3, -0.25) is 4.79 Å². The SMILES string of the molecule is CC(=O)c1cnc(N2CCN(c3ccccc3F)CC2)s1. The van der Waals surface area contributed by atoms with Gasteiger partial charge in [-0.05, 0) is 12.1 Å². The number of benzene rings is 1. The summed E-state index contributed by atoms with van der Waals surface area (Å²) in [5.74, 6) is -0.136. The van der Waals surface area contributed by atoms with E-state index in [0.29, 0.717) is 10.6 Å². The van der Waals surface area contributed by atoms with Gasteiger partial charge in [0.15, 0.2) is 10.9 Å². The van der Waals surface area contributed by atoms with E-state index in [9.17, 15) is 9.18 Å². The van der Waals surface area contributed by atoms with Gasteiger partial charge in [0.1, 0.15) is 5.82 Å². The summed E-state index contributed by atoms with van der Waals surface area (Å²) in [7, 11) is 0. The third kappa shape index (κ3) is 2.90. The van der Waals surface area contributed by atoms with Crippen molar-refractivity contribution in [3.05, 3.63) is 41.2 Å². The zero-order chi connectivity index (χ0) is 14.8. The summed E-state index contributed by atoms with van der Waals surface area (Å²) in [5.41, 5.74) is 0.653. The van der Waals surface area contributed by atoms with E-state index in [1.807, 2.05) is 17.0 Å². The fourth-order valence-corrected chi connectivity index (χ4v) is 3.28. The maximum Gasteiger partial charge on any atom is 0.186 e. The van der Waals surface area contributed by atoms with Crippen molar-refractivity contribution < 1.29 is 9.18 Å². The maximum atomic E-state index is 13.8. The molecule has 0 atom stereocenters. The maximum absolute atomic E-state index is 13.8. The molecule has 0 unspecified atom stereocenters. The van der Waals surface area contributed by atoms with E-state index in [0.717, 1.165) is 31.3 Å². The molecule has 0 radical (unpaired) electrons. The molecule has 0 spiro atoms. The molecule has 0 bridgehead atoms. The van der Waals surface area contributed by atoms with Gasteiger partial charge in [0.2, 0.25) is 0 Å². The lowest BCUT2D eigenvalue weighted by Crippen LogP contribution is -2.46. The number of anilines is 2. The first kappa shape index (κ1) is 14.0. The van der Waals surface area contributed by atoms with Crippen molar-refractivity contribution in [2.75, 3.05) is 36.0 Å². The van der Waals surface area contributed by atoms with E-state index in [1.54, 1.807) is 19.2 Å². The van der Waals surface area contributed by atoms with Gasteiger partial charge in [0.25, 0.3) is 0 Å². The molecule has 1 fully saturated rings. The van der Waals surface area contributed by atoms with Crippen LogP contribution in [0.2, 0.25) is 0 Å². The van der Waals surface area contributed by atoms with Gasteiger partial charge in [-0.1, -0.05) is 23.5 Å². The zero-order valence-electron chi connectivity index (χ0n) is 11.8. The second-order valence-corrected chi connectivity index (χ2v) is 6.00. The molecule has 2 heterocycles. The Morgan fingerprint density at radius 1 is 1.19 bits per heavy atom. The van der Waals surface area contributed by atoms with Crippen LogP contribution in [0.5, 0.6) is 0 Å². The van der Waals surface area contributed by atoms with E-state index < -0.39 is 0 Å². The largest absolute Gasteiger partial charge is 0.366 e. The quantitative estimate of drug-likeness (QED) is 0.817. The molecule has 21 heavy (non-hydrogen) atoms. The van der Waals surface area contributed by atoms with E-state index >= 15 is 0 Å². The second kappa shape index (κ2) is 5.81. The number of halogens is 1. The number of carbonyl (C=O) groups is 1. The Kier molecular flexibility index (Phi) is 3.88. The van der Waals surface area contributed by atoms with Crippen molar-refractivity contribution in [3.63, 3.8) is 0 Å². The Hall–Kier alpha value is -1.95. The molecule has 1 saturated heterocycles. The van der Waals surface area contributed by atoms with Gasteiger partial charge in [-0.15, -0.1) is 0 Å². The minimum absolute atomic E-state index is 0.0451. The fourth-order valence-electron chi connectivity index (χ4n) is 2.42. The number of nitrogens with zero attached hydrogens (tertiary/aromatic N) is 3. The van der Waals surface area contributed by atoms with Gasteiger partial charge < -0.3 is 9.80 Å². The molecule has 1 aromatic carbocycles. The highest BCUT2D eigenvalue weighted by Crippen LogP contribution is 2.26. The number of thiazole rings is 1. The average Bonchev–Trinajstić information content (AvgIpc) is 2.98. The van der Waals surface area contributed by atoms with Crippen LogP contribution in [0.1, 0.15) is 16.6 Å².